The lowest BCUT2D eigenvalue weighted by atomic mass is 10.1. The number of ether oxygens (including phenoxy) is 1. The lowest BCUT2D eigenvalue weighted by Crippen LogP contribution is -1.97. The van der Waals surface area contributed by atoms with Crippen molar-refractivity contribution in [1.82, 2.24) is 0 Å². The van der Waals surface area contributed by atoms with E-state index in [0.29, 0.717) is 10.7 Å². The van der Waals surface area contributed by atoms with Crippen LogP contribution in [0.4, 0.5) is 17.6 Å². The van der Waals surface area contributed by atoms with Crippen LogP contribution in [-0.2, 0) is 15.4 Å². The van der Waals surface area contributed by atoms with Crippen molar-refractivity contribution in [1.29, 1.82) is 0 Å². The van der Waals surface area contributed by atoms with E-state index in [-0.39, 0.29) is 11.1 Å². The minimum Gasteiger partial charge on any atom is -0.445 e. The van der Waals surface area contributed by atoms with Gasteiger partial charge in [0.1, 0.15) is 0 Å². The van der Waals surface area contributed by atoms with Gasteiger partial charge in [0.2, 0.25) is 0 Å². The maximum atomic E-state index is 13.3. The standard InChI is InChI=1S/C18H12Br2F4O/c19-9-11-1-5-13(6-2-11)15(17(21)22)25-16(18(23)24)14-7-3-12(10-20)4-8-14/h1-8H,9-10H2. The van der Waals surface area contributed by atoms with Gasteiger partial charge in [0, 0.05) is 21.8 Å². The molecule has 7 heteroatoms. The molecule has 0 fully saturated rings. The Labute approximate surface area is 159 Å². The molecule has 0 amide bonds. The number of hydrogen-bond acceptors (Lipinski definition) is 1. The third-order valence-electron chi connectivity index (χ3n) is 3.29. The zero-order valence-corrected chi connectivity index (χ0v) is 15.9. The van der Waals surface area contributed by atoms with Crippen LogP contribution in [0.15, 0.2) is 60.7 Å². The van der Waals surface area contributed by atoms with E-state index in [0.717, 1.165) is 11.1 Å². The molecule has 2 aromatic rings. The van der Waals surface area contributed by atoms with Crippen LogP contribution in [0.3, 0.4) is 0 Å². The van der Waals surface area contributed by atoms with E-state index in [4.69, 9.17) is 4.74 Å². The van der Waals surface area contributed by atoms with E-state index in [1.54, 1.807) is 24.3 Å². The van der Waals surface area contributed by atoms with Gasteiger partial charge in [-0.05, 0) is 11.1 Å². The molecule has 0 bridgehead atoms. The maximum absolute atomic E-state index is 13.3. The van der Waals surface area contributed by atoms with Crippen molar-refractivity contribution in [3.63, 3.8) is 0 Å². The fourth-order valence-corrected chi connectivity index (χ4v) is 2.75. The molecule has 0 spiro atoms. The molecule has 0 aromatic heterocycles. The third-order valence-corrected chi connectivity index (χ3v) is 4.58. The molecule has 0 atom stereocenters. The molecule has 1 nitrogen and oxygen atoms in total. The fourth-order valence-electron chi connectivity index (χ4n) is 2.01. The van der Waals surface area contributed by atoms with Crippen molar-refractivity contribution in [3.8, 4) is 0 Å². The minimum atomic E-state index is -2.18. The summed E-state index contributed by atoms with van der Waals surface area (Å²) in [5.41, 5.74) is 1.75. The van der Waals surface area contributed by atoms with Gasteiger partial charge in [-0.3, -0.25) is 0 Å². The van der Waals surface area contributed by atoms with Gasteiger partial charge in [0.05, 0.1) is 0 Å². The molecule has 0 aliphatic heterocycles. The molecule has 0 N–H and O–H groups in total. The number of hydrogen-bond donors (Lipinski definition) is 0. The van der Waals surface area contributed by atoms with Gasteiger partial charge in [0.25, 0.3) is 0 Å². The Morgan fingerprint density at radius 3 is 1.20 bits per heavy atom. The summed E-state index contributed by atoms with van der Waals surface area (Å²) < 4.78 is 58.1. The first kappa shape index (κ1) is 19.7. The van der Waals surface area contributed by atoms with Gasteiger partial charge in [0.15, 0.2) is 11.5 Å². The number of halogens is 6. The maximum Gasteiger partial charge on any atom is 0.313 e. The normalized spacial score (nSPS) is 10.3. The molecule has 0 aliphatic rings. The van der Waals surface area contributed by atoms with Gasteiger partial charge in [-0.1, -0.05) is 80.4 Å². The molecule has 132 valence electrons. The summed E-state index contributed by atoms with van der Waals surface area (Å²) in [7, 11) is 0. The van der Waals surface area contributed by atoms with Gasteiger partial charge in [-0.2, -0.15) is 17.6 Å². The molecule has 0 unspecified atom stereocenters. The molecule has 2 rings (SSSR count). The molecular weight excluding hydrogens is 468 g/mol. The lowest BCUT2D eigenvalue weighted by molar-refractivity contribution is 0.343. The van der Waals surface area contributed by atoms with Gasteiger partial charge < -0.3 is 4.74 Å². The van der Waals surface area contributed by atoms with Gasteiger partial charge in [-0.25, -0.2) is 0 Å². The molecular formula is C18H12Br2F4O. The van der Waals surface area contributed by atoms with Crippen LogP contribution in [0, 0.1) is 0 Å². The molecule has 0 radical (unpaired) electrons. The van der Waals surface area contributed by atoms with Crippen LogP contribution < -0.4 is 0 Å². The van der Waals surface area contributed by atoms with E-state index in [9.17, 15) is 17.6 Å². The van der Waals surface area contributed by atoms with Crippen molar-refractivity contribution in [2.45, 2.75) is 10.7 Å². The van der Waals surface area contributed by atoms with Crippen LogP contribution >= 0.6 is 31.9 Å². The van der Waals surface area contributed by atoms with Crippen LogP contribution in [0.5, 0.6) is 0 Å². The molecule has 0 heterocycles. The monoisotopic (exact) mass is 478 g/mol. The van der Waals surface area contributed by atoms with Crippen LogP contribution in [0.2, 0.25) is 0 Å². The van der Waals surface area contributed by atoms with E-state index in [1.807, 2.05) is 0 Å². The van der Waals surface area contributed by atoms with Gasteiger partial charge in [-0.15, -0.1) is 0 Å². The summed E-state index contributed by atoms with van der Waals surface area (Å²) in [5.74, 6) is -1.79. The zero-order chi connectivity index (χ0) is 18.4. The minimum absolute atomic E-state index is 0.0144. The zero-order valence-electron chi connectivity index (χ0n) is 12.7. The van der Waals surface area contributed by atoms with E-state index < -0.39 is 23.7 Å². The third kappa shape index (κ3) is 5.19. The molecule has 25 heavy (non-hydrogen) atoms. The van der Waals surface area contributed by atoms with E-state index in [2.05, 4.69) is 31.9 Å². The number of rotatable bonds is 6. The smallest absolute Gasteiger partial charge is 0.313 e. The quantitative estimate of drug-likeness (QED) is 0.239. The Bertz CT molecular complexity index is 708. The second-order valence-electron chi connectivity index (χ2n) is 4.94. The van der Waals surface area contributed by atoms with Crippen molar-refractivity contribution < 1.29 is 22.3 Å². The Hall–Kier alpha value is -1.60. The fraction of sp³-hybridized carbons (Fsp3) is 0.111. The highest BCUT2D eigenvalue weighted by atomic mass is 79.9. The van der Waals surface area contributed by atoms with Gasteiger partial charge >= 0.3 is 12.2 Å². The number of alkyl halides is 2. The second-order valence-corrected chi connectivity index (χ2v) is 6.06. The molecule has 0 aliphatic carbocycles. The predicted molar refractivity (Wildman–Crippen MR) is 97.5 cm³/mol. The topological polar surface area (TPSA) is 9.23 Å². The van der Waals surface area contributed by atoms with Crippen LogP contribution in [0.1, 0.15) is 22.3 Å². The van der Waals surface area contributed by atoms with E-state index in [1.165, 1.54) is 24.3 Å². The number of benzene rings is 2. The Balaban J connectivity index is 2.38. The van der Waals surface area contributed by atoms with Crippen LogP contribution in [0.25, 0.3) is 11.5 Å². The highest BCUT2D eigenvalue weighted by molar-refractivity contribution is 9.08. The molecule has 0 saturated heterocycles. The lowest BCUT2D eigenvalue weighted by Gasteiger charge is -2.13. The van der Waals surface area contributed by atoms with Crippen molar-refractivity contribution in [2.24, 2.45) is 0 Å². The summed E-state index contributed by atoms with van der Waals surface area (Å²) in [6.07, 6.45) is -4.36. The second kappa shape index (κ2) is 9.20. The largest absolute Gasteiger partial charge is 0.445 e. The first-order valence-corrected chi connectivity index (χ1v) is 9.29. The average Bonchev–Trinajstić information content (AvgIpc) is 2.62. The summed E-state index contributed by atoms with van der Waals surface area (Å²) in [6.45, 7) is 0. The predicted octanol–water partition coefficient (Wildman–Crippen LogP) is 7.32. The summed E-state index contributed by atoms with van der Waals surface area (Å²) in [6, 6.07) is 12.0. The highest BCUT2D eigenvalue weighted by Crippen LogP contribution is 2.32. The molecule has 0 saturated carbocycles. The Morgan fingerprint density at radius 2 is 0.960 bits per heavy atom. The summed E-state index contributed by atoms with van der Waals surface area (Å²) in [4.78, 5) is 0. The Kier molecular flexibility index (Phi) is 7.25. The SMILES string of the molecule is FC(F)=C(OC(=C(F)F)c1ccc(CBr)cc1)c1ccc(CBr)cc1. The van der Waals surface area contributed by atoms with Crippen LogP contribution in [-0.4, -0.2) is 0 Å². The molecule has 2 aromatic carbocycles. The summed E-state index contributed by atoms with van der Waals surface area (Å²) >= 11 is 6.50. The van der Waals surface area contributed by atoms with Crippen molar-refractivity contribution in [2.75, 3.05) is 0 Å². The summed E-state index contributed by atoms with van der Waals surface area (Å²) in [5, 5.41) is 1.10. The van der Waals surface area contributed by atoms with Crippen molar-refractivity contribution in [3.05, 3.63) is 82.9 Å². The highest BCUT2D eigenvalue weighted by Gasteiger charge is 2.19. The van der Waals surface area contributed by atoms with E-state index >= 15 is 0 Å². The van der Waals surface area contributed by atoms with Crippen molar-refractivity contribution >= 4 is 43.4 Å². The Morgan fingerprint density at radius 1 is 0.640 bits per heavy atom. The first-order chi connectivity index (χ1) is 12.0. The first-order valence-electron chi connectivity index (χ1n) is 7.05. The average molecular weight is 480 g/mol.